The minimum atomic E-state index is 0.161. The maximum Gasteiger partial charge on any atom is 0.0632 e. The van der Waals surface area contributed by atoms with E-state index >= 15 is 0 Å². The SMILES string of the molecule is Nc1ccc(Cl)cc1Nc1ccc(CCO)cc1. The molecular weight excluding hydrogens is 248 g/mol. The minimum Gasteiger partial charge on any atom is -0.397 e. The molecule has 2 rings (SSSR count). The Morgan fingerprint density at radius 2 is 1.83 bits per heavy atom. The molecule has 18 heavy (non-hydrogen) atoms. The van der Waals surface area contributed by atoms with Gasteiger partial charge in [-0.3, -0.25) is 0 Å². The van der Waals surface area contributed by atoms with Crippen molar-refractivity contribution in [1.29, 1.82) is 0 Å². The van der Waals surface area contributed by atoms with E-state index < -0.39 is 0 Å². The van der Waals surface area contributed by atoms with E-state index in [0.29, 0.717) is 17.1 Å². The van der Waals surface area contributed by atoms with Crippen molar-refractivity contribution in [1.82, 2.24) is 0 Å². The van der Waals surface area contributed by atoms with E-state index in [2.05, 4.69) is 5.32 Å². The Morgan fingerprint density at radius 1 is 1.11 bits per heavy atom. The summed E-state index contributed by atoms with van der Waals surface area (Å²) in [6, 6.07) is 13.2. The van der Waals surface area contributed by atoms with Gasteiger partial charge < -0.3 is 16.2 Å². The number of aliphatic hydroxyl groups excluding tert-OH is 1. The number of rotatable bonds is 4. The van der Waals surface area contributed by atoms with Gasteiger partial charge in [0.05, 0.1) is 11.4 Å². The fourth-order valence-electron chi connectivity index (χ4n) is 1.68. The number of aliphatic hydroxyl groups is 1. The van der Waals surface area contributed by atoms with E-state index in [9.17, 15) is 0 Å². The van der Waals surface area contributed by atoms with E-state index in [4.69, 9.17) is 22.4 Å². The first-order valence-electron chi connectivity index (χ1n) is 5.71. The standard InChI is InChI=1S/C14H15ClN2O/c15-11-3-6-13(16)14(9-11)17-12-4-1-10(2-5-12)7-8-18/h1-6,9,17-18H,7-8,16H2. The van der Waals surface area contributed by atoms with Crippen LogP contribution >= 0.6 is 11.6 Å². The summed E-state index contributed by atoms with van der Waals surface area (Å²) in [5.41, 5.74) is 9.34. The molecule has 4 N–H and O–H groups in total. The van der Waals surface area contributed by atoms with Crippen molar-refractivity contribution in [2.75, 3.05) is 17.7 Å². The maximum absolute atomic E-state index is 8.84. The molecule has 0 atom stereocenters. The molecule has 2 aromatic rings. The predicted molar refractivity (Wildman–Crippen MR) is 76.4 cm³/mol. The lowest BCUT2D eigenvalue weighted by Crippen LogP contribution is -1.96. The van der Waals surface area contributed by atoms with Gasteiger partial charge in [0.1, 0.15) is 0 Å². The van der Waals surface area contributed by atoms with Gasteiger partial charge in [-0.2, -0.15) is 0 Å². The van der Waals surface area contributed by atoms with E-state index in [1.54, 1.807) is 18.2 Å². The maximum atomic E-state index is 8.84. The van der Waals surface area contributed by atoms with Gasteiger partial charge in [0.15, 0.2) is 0 Å². The van der Waals surface area contributed by atoms with Crippen LogP contribution in [0.25, 0.3) is 0 Å². The monoisotopic (exact) mass is 262 g/mol. The van der Waals surface area contributed by atoms with Crippen molar-refractivity contribution in [3.05, 3.63) is 53.1 Å². The number of benzene rings is 2. The van der Waals surface area contributed by atoms with E-state index in [0.717, 1.165) is 16.9 Å². The highest BCUT2D eigenvalue weighted by molar-refractivity contribution is 6.31. The number of anilines is 3. The fraction of sp³-hybridized carbons (Fsp3) is 0.143. The number of hydrogen-bond acceptors (Lipinski definition) is 3. The number of nitrogens with one attached hydrogen (secondary N) is 1. The van der Waals surface area contributed by atoms with Crippen molar-refractivity contribution in [2.24, 2.45) is 0 Å². The van der Waals surface area contributed by atoms with E-state index in [1.165, 1.54) is 0 Å². The van der Waals surface area contributed by atoms with Gasteiger partial charge in [-0.25, -0.2) is 0 Å². The molecule has 2 aromatic carbocycles. The molecule has 3 nitrogen and oxygen atoms in total. The largest absolute Gasteiger partial charge is 0.397 e. The van der Waals surface area contributed by atoms with Gasteiger partial charge in [-0.1, -0.05) is 23.7 Å². The minimum absolute atomic E-state index is 0.161. The summed E-state index contributed by atoms with van der Waals surface area (Å²) in [4.78, 5) is 0. The number of nitrogens with two attached hydrogens (primary N) is 1. The molecule has 0 radical (unpaired) electrons. The molecule has 0 unspecified atom stereocenters. The van der Waals surface area contributed by atoms with E-state index in [1.807, 2.05) is 24.3 Å². The van der Waals surface area contributed by atoms with Crippen LogP contribution in [0.15, 0.2) is 42.5 Å². The first-order valence-corrected chi connectivity index (χ1v) is 6.08. The van der Waals surface area contributed by atoms with Crippen LogP contribution in [0.3, 0.4) is 0 Å². The smallest absolute Gasteiger partial charge is 0.0632 e. The second-order valence-corrected chi connectivity index (χ2v) is 4.46. The molecule has 0 saturated carbocycles. The molecule has 0 bridgehead atoms. The van der Waals surface area contributed by atoms with Crippen LogP contribution in [0.1, 0.15) is 5.56 Å². The zero-order chi connectivity index (χ0) is 13.0. The molecule has 94 valence electrons. The Bertz CT molecular complexity index is 526. The Labute approximate surface area is 111 Å². The average Bonchev–Trinajstić information content (AvgIpc) is 2.37. The average molecular weight is 263 g/mol. The highest BCUT2D eigenvalue weighted by Gasteiger charge is 2.01. The molecule has 4 heteroatoms. The lowest BCUT2D eigenvalue weighted by molar-refractivity contribution is 0.299. The fourth-order valence-corrected chi connectivity index (χ4v) is 1.85. The second kappa shape index (κ2) is 5.76. The van der Waals surface area contributed by atoms with Crippen LogP contribution in [-0.4, -0.2) is 11.7 Å². The summed E-state index contributed by atoms with van der Waals surface area (Å²) in [6.07, 6.45) is 0.666. The highest BCUT2D eigenvalue weighted by atomic mass is 35.5. The summed E-state index contributed by atoms with van der Waals surface area (Å²) in [7, 11) is 0. The molecular formula is C14H15ClN2O. The highest BCUT2D eigenvalue weighted by Crippen LogP contribution is 2.26. The third-order valence-corrected chi connectivity index (χ3v) is 2.88. The van der Waals surface area contributed by atoms with Gasteiger partial charge in [-0.05, 0) is 42.3 Å². The molecule has 0 aromatic heterocycles. The summed E-state index contributed by atoms with van der Waals surface area (Å²) in [6.45, 7) is 0.161. The quantitative estimate of drug-likeness (QED) is 0.742. The second-order valence-electron chi connectivity index (χ2n) is 4.03. The van der Waals surface area contributed by atoms with Gasteiger partial charge >= 0.3 is 0 Å². The van der Waals surface area contributed by atoms with Crippen LogP contribution in [0.4, 0.5) is 17.1 Å². The molecule has 0 saturated heterocycles. The Kier molecular flexibility index (Phi) is 4.07. The third-order valence-electron chi connectivity index (χ3n) is 2.65. The van der Waals surface area contributed by atoms with Crippen LogP contribution < -0.4 is 11.1 Å². The van der Waals surface area contributed by atoms with E-state index in [-0.39, 0.29) is 6.61 Å². The Balaban J connectivity index is 2.15. The number of hydrogen-bond donors (Lipinski definition) is 3. The van der Waals surface area contributed by atoms with Crippen molar-refractivity contribution in [3.8, 4) is 0 Å². The third kappa shape index (κ3) is 3.15. The van der Waals surface area contributed by atoms with Gasteiger partial charge in [0.25, 0.3) is 0 Å². The van der Waals surface area contributed by atoms with Crippen molar-refractivity contribution in [2.45, 2.75) is 6.42 Å². The zero-order valence-corrected chi connectivity index (χ0v) is 10.6. The van der Waals surface area contributed by atoms with Gasteiger partial charge in [0, 0.05) is 17.3 Å². The lowest BCUT2D eigenvalue weighted by Gasteiger charge is -2.10. The lowest BCUT2D eigenvalue weighted by atomic mass is 10.1. The Morgan fingerprint density at radius 3 is 2.50 bits per heavy atom. The number of nitrogen functional groups attached to an aromatic ring is 1. The summed E-state index contributed by atoms with van der Waals surface area (Å²) >= 11 is 5.93. The van der Waals surface area contributed by atoms with Crippen LogP contribution in [0, 0.1) is 0 Å². The first-order chi connectivity index (χ1) is 8.69. The zero-order valence-electron chi connectivity index (χ0n) is 9.86. The van der Waals surface area contributed by atoms with Crippen LogP contribution in [0.5, 0.6) is 0 Å². The molecule has 0 heterocycles. The van der Waals surface area contributed by atoms with Crippen LogP contribution in [-0.2, 0) is 6.42 Å². The van der Waals surface area contributed by atoms with Crippen LogP contribution in [0.2, 0.25) is 5.02 Å². The molecule has 0 aliphatic rings. The summed E-state index contributed by atoms with van der Waals surface area (Å²) < 4.78 is 0. The van der Waals surface area contributed by atoms with Crippen molar-refractivity contribution >= 4 is 28.7 Å². The van der Waals surface area contributed by atoms with Gasteiger partial charge in [-0.15, -0.1) is 0 Å². The summed E-state index contributed by atoms with van der Waals surface area (Å²) in [5, 5.41) is 12.7. The first kappa shape index (κ1) is 12.7. The predicted octanol–water partition coefficient (Wildman–Crippen LogP) is 3.20. The summed E-state index contributed by atoms with van der Waals surface area (Å²) in [5.74, 6) is 0. The normalized spacial score (nSPS) is 10.3. The molecule has 0 aliphatic heterocycles. The topological polar surface area (TPSA) is 58.3 Å². The van der Waals surface area contributed by atoms with Crippen molar-refractivity contribution in [3.63, 3.8) is 0 Å². The molecule has 0 fully saturated rings. The molecule has 0 amide bonds. The van der Waals surface area contributed by atoms with Crippen molar-refractivity contribution < 1.29 is 5.11 Å². The molecule has 0 aliphatic carbocycles. The number of halogens is 1. The van der Waals surface area contributed by atoms with Gasteiger partial charge in [0.2, 0.25) is 0 Å². The Hall–Kier alpha value is -1.71. The molecule has 0 spiro atoms.